The zero-order chi connectivity index (χ0) is 16.5. The van der Waals surface area contributed by atoms with Gasteiger partial charge in [0.1, 0.15) is 5.69 Å². The number of hydrogen-bond donors (Lipinski definition) is 1. The van der Waals surface area contributed by atoms with Gasteiger partial charge in [-0.25, -0.2) is 9.97 Å². The molecule has 6 nitrogen and oxygen atoms in total. The van der Waals surface area contributed by atoms with E-state index in [9.17, 15) is 4.79 Å². The Morgan fingerprint density at radius 2 is 1.96 bits per heavy atom. The third-order valence-electron chi connectivity index (χ3n) is 4.06. The molecule has 0 aliphatic heterocycles. The van der Waals surface area contributed by atoms with E-state index in [1.165, 1.54) is 0 Å². The number of nitrogens with one attached hydrogen (secondary N) is 1. The Labute approximate surface area is 139 Å². The van der Waals surface area contributed by atoms with Gasteiger partial charge in [-0.05, 0) is 31.0 Å². The number of rotatable bonds is 4. The van der Waals surface area contributed by atoms with E-state index in [-0.39, 0.29) is 5.91 Å². The number of aryl methyl sites for hydroxylation is 1. The average molecular weight is 319 g/mol. The molecule has 0 saturated heterocycles. The zero-order valence-electron chi connectivity index (χ0n) is 13.3. The Morgan fingerprint density at radius 1 is 1.17 bits per heavy atom. The molecule has 3 heterocycles. The van der Waals surface area contributed by atoms with E-state index in [2.05, 4.69) is 20.3 Å². The Balaban J connectivity index is 1.58. The number of hydrogen-bond acceptors (Lipinski definition) is 4. The lowest BCUT2D eigenvalue weighted by molar-refractivity contribution is 0.0943. The number of carbonyl (C=O) groups is 1. The quantitative estimate of drug-likeness (QED) is 0.801. The van der Waals surface area contributed by atoms with Gasteiger partial charge < -0.3 is 9.88 Å². The van der Waals surface area contributed by atoms with E-state index < -0.39 is 0 Å². The maximum absolute atomic E-state index is 12.2. The highest BCUT2D eigenvalue weighted by molar-refractivity contribution is 5.94. The lowest BCUT2D eigenvalue weighted by Crippen LogP contribution is -2.27. The summed E-state index contributed by atoms with van der Waals surface area (Å²) in [6.07, 6.45) is 11.1. The van der Waals surface area contributed by atoms with Gasteiger partial charge in [0.05, 0.1) is 0 Å². The predicted molar refractivity (Wildman–Crippen MR) is 90.2 cm³/mol. The molecular formula is C18H17N5O. The molecule has 0 unspecified atom stereocenters. The molecule has 0 atom stereocenters. The van der Waals surface area contributed by atoms with Crippen molar-refractivity contribution in [2.24, 2.45) is 7.05 Å². The molecule has 6 heteroatoms. The van der Waals surface area contributed by atoms with E-state index in [4.69, 9.17) is 0 Å². The molecule has 0 spiro atoms. The van der Waals surface area contributed by atoms with Gasteiger partial charge in [0.25, 0.3) is 5.91 Å². The van der Waals surface area contributed by atoms with Gasteiger partial charge in [-0.3, -0.25) is 9.78 Å². The normalized spacial score (nSPS) is 13.7. The van der Waals surface area contributed by atoms with Crippen molar-refractivity contribution in [1.29, 1.82) is 0 Å². The van der Waals surface area contributed by atoms with Gasteiger partial charge in [-0.2, -0.15) is 0 Å². The second-order valence-electron chi connectivity index (χ2n) is 6.01. The van der Waals surface area contributed by atoms with Gasteiger partial charge in [-0.1, -0.05) is 0 Å². The van der Waals surface area contributed by atoms with Crippen molar-refractivity contribution in [2.45, 2.75) is 18.9 Å². The van der Waals surface area contributed by atoms with Crippen LogP contribution in [-0.4, -0.2) is 31.5 Å². The summed E-state index contributed by atoms with van der Waals surface area (Å²) in [7, 11) is 1.87. The van der Waals surface area contributed by atoms with Crippen molar-refractivity contribution in [1.82, 2.24) is 24.8 Å². The van der Waals surface area contributed by atoms with Crippen LogP contribution >= 0.6 is 0 Å². The molecule has 1 aliphatic rings. The van der Waals surface area contributed by atoms with Crippen LogP contribution in [-0.2, 0) is 7.05 Å². The van der Waals surface area contributed by atoms with Crippen molar-refractivity contribution in [2.75, 3.05) is 0 Å². The fraction of sp³-hybridized carbons (Fsp3) is 0.222. The monoisotopic (exact) mass is 319 g/mol. The zero-order valence-corrected chi connectivity index (χ0v) is 13.3. The fourth-order valence-electron chi connectivity index (χ4n) is 2.56. The standard InChI is InChI=1S/C18H17N5O/c1-23-11-13(7-16(23)18(24)22-15-4-5-15)14-9-20-17(21-10-14)12-3-2-6-19-8-12/h2-3,6-11,15H,4-5H2,1H3,(H,22,24). The first-order valence-corrected chi connectivity index (χ1v) is 7.91. The Kier molecular flexibility index (Phi) is 3.57. The van der Waals surface area contributed by atoms with E-state index in [1.54, 1.807) is 24.8 Å². The molecule has 1 saturated carbocycles. The van der Waals surface area contributed by atoms with Crippen molar-refractivity contribution in [3.05, 3.63) is 54.9 Å². The Hall–Kier alpha value is -3.02. The number of aromatic nitrogens is 4. The minimum atomic E-state index is -0.0286. The molecule has 24 heavy (non-hydrogen) atoms. The molecule has 1 amide bonds. The molecule has 120 valence electrons. The van der Waals surface area contributed by atoms with E-state index in [0.717, 1.165) is 29.5 Å². The van der Waals surface area contributed by atoms with Crippen LogP contribution in [0.1, 0.15) is 23.3 Å². The summed E-state index contributed by atoms with van der Waals surface area (Å²) in [5, 5.41) is 3.01. The van der Waals surface area contributed by atoms with Crippen molar-refractivity contribution >= 4 is 5.91 Å². The maximum atomic E-state index is 12.2. The highest BCUT2D eigenvalue weighted by atomic mass is 16.2. The van der Waals surface area contributed by atoms with E-state index >= 15 is 0 Å². The molecule has 1 fully saturated rings. The van der Waals surface area contributed by atoms with Crippen LogP contribution in [0.4, 0.5) is 0 Å². The second-order valence-corrected chi connectivity index (χ2v) is 6.01. The second kappa shape index (κ2) is 5.88. The molecule has 3 aromatic heterocycles. The summed E-state index contributed by atoms with van der Waals surface area (Å²) in [4.78, 5) is 25.1. The summed E-state index contributed by atoms with van der Waals surface area (Å²) in [6.45, 7) is 0. The first kappa shape index (κ1) is 14.6. The summed E-state index contributed by atoms with van der Waals surface area (Å²) in [6, 6.07) is 6.00. The Bertz CT molecular complexity index is 866. The SMILES string of the molecule is Cn1cc(-c2cnc(-c3cccnc3)nc2)cc1C(=O)NC1CC1. The van der Waals surface area contributed by atoms with Gasteiger partial charge in [-0.15, -0.1) is 0 Å². The molecule has 1 N–H and O–H groups in total. The minimum Gasteiger partial charge on any atom is -0.348 e. The third-order valence-corrected chi connectivity index (χ3v) is 4.06. The van der Waals surface area contributed by atoms with E-state index in [1.807, 2.05) is 36.0 Å². The average Bonchev–Trinajstić information content (AvgIpc) is 3.34. The molecule has 3 aromatic rings. The van der Waals surface area contributed by atoms with Gasteiger partial charge >= 0.3 is 0 Å². The Morgan fingerprint density at radius 3 is 2.62 bits per heavy atom. The molecule has 0 bridgehead atoms. The summed E-state index contributed by atoms with van der Waals surface area (Å²) in [5.74, 6) is 0.605. The van der Waals surface area contributed by atoms with Crippen LogP contribution in [0.2, 0.25) is 0 Å². The van der Waals surface area contributed by atoms with Crippen molar-refractivity contribution < 1.29 is 4.79 Å². The highest BCUT2D eigenvalue weighted by Crippen LogP contribution is 2.24. The predicted octanol–water partition coefficient (Wildman–Crippen LogP) is 2.44. The van der Waals surface area contributed by atoms with Crippen LogP contribution in [0.25, 0.3) is 22.5 Å². The van der Waals surface area contributed by atoms with Crippen LogP contribution in [0.3, 0.4) is 0 Å². The van der Waals surface area contributed by atoms with Gasteiger partial charge in [0.15, 0.2) is 5.82 Å². The minimum absolute atomic E-state index is 0.0286. The van der Waals surface area contributed by atoms with Crippen LogP contribution in [0.15, 0.2) is 49.2 Å². The number of carbonyl (C=O) groups excluding carboxylic acids is 1. The van der Waals surface area contributed by atoms with Crippen LogP contribution in [0, 0.1) is 0 Å². The molecule has 1 aliphatic carbocycles. The topological polar surface area (TPSA) is 72.7 Å². The highest BCUT2D eigenvalue weighted by Gasteiger charge is 2.25. The third kappa shape index (κ3) is 2.90. The summed E-state index contributed by atoms with van der Waals surface area (Å²) in [5.41, 5.74) is 3.33. The maximum Gasteiger partial charge on any atom is 0.268 e. The number of nitrogens with zero attached hydrogens (tertiary/aromatic N) is 4. The van der Waals surface area contributed by atoms with Crippen molar-refractivity contribution in [3.8, 4) is 22.5 Å². The smallest absolute Gasteiger partial charge is 0.268 e. The molecule has 0 radical (unpaired) electrons. The van der Waals surface area contributed by atoms with Gasteiger partial charge in [0, 0.05) is 60.8 Å². The molecular weight excluding hydrogens is 302 g/mol. The number of pyridine rings is 1. The summed E-state index contributed by atoms with van der Waals surface area (Å²) < 4.78 is 1.84. The van der Waals surface area contributed by atoms with Crippen LogP contribution < -0.4 is 5.32 Å². The van der Waals surface area contributed by atoms with Crippen molar-refractivity contribution in [3.63, 3.8) is 0 Å². The number of amides is 1. The summed E-state index contributed by atoms with van der Waals surface area (Å²) >= 11 is 0. The van der Waals surface area contributed by atoms with E-state index in [0.29, 0.717) is 17.6 Å². The lowest BCUT2D eigenvalue weighted by Gasteiger charge is -2.03. The fourth-order valence-corrected chi connectivity index (χ4v) is 2.56. The van der Waals surface area contributed by atoms with Crippen LogP contribution in [0.5, 0.6) is 0 Å². The van der Waals surface area contributed by atoms with Gasteiger partial charge in [0.2, 0.25) is 0 Å². The molecule has 4 rings (SSSR count). The molecule has 0 aromatic carbocycles. The lowest BCUT2D eigenvalue weighted by atomic mass is 10.1. The largest absolute Gasteiger partial charge is 0.348 e. The first-order valence-electron chi connectivity index (χ1n) is 7.91. The first-order chi connectivity index (χ1) is 11.7.